The number of hydrogen-bond donors (Lipinski definition) is 1. The van der Waals surface area contributed by atoms with Gasteiger partial charge in [0, 0.05) is 10.9 Å². The highest BCUT2D eigenvalue weighted by atomic mass is 35.5. The molecule has 0 bridgehead atoms. The van der Waals surface area contributed by atoms with E-state index in [9.17, 15) is 4.39 Å². The van der Waals surface area contributed by atoms with Crippen LogP contribution in [-0.2, 0) is 0 Å². The molecule has 0 aliphatic rings. The molecule has 0 amide bonds. The minimum absolute atomic E-state index is 0.124. The molecule has 0 aliphatic heterocycles. The van der Waals surface area contributed by atoms with Crippen LogP contribution in [0.3, 0.4) is 0 Å². The maximum atomic E-state index is 13.6. The van der Waals surface area contributed by atoms with Crippen LogP contribution in [0.25, 0.3) is 0 Å². The lowest BCUT2D eigenvalue weighted by Gasteiger charge is -2.22. The standard InChI is InChI=1S/C14H12ClFN2OS/c1-8(18)14(12-5-6-13(15)20-12)19-11-4-2-3-10(16)9(11)7-17/h2-6,8,14H,18H2,1H3. The Labute approximate surface area is 125 Å². The minimum atomic E-state index is -0.613. The number of ether oxygens (including phenoxy) is 1. The summed E-state index contributed by atoms with van der Waals surface area (Å²) in [4.78, 5) is 0.832. The van der Waals surface area contributed by atoms with Crippen molar-refractivity contribution in [2.45, 2.75) is 19.1 Å². The first-order chi connectivity index (χ1) is 9.52. The van der Waals surface area contributed by atoms with Gasteiger partial charge in [0.2, 0.25) is 0 Å². The molecule has 1 aromatic carbocycles. The van der Waals surface area contributed by atoms with Gasteiger partial charge >= 0.3 is 0 Å². The fourth-order valence-electron chi connectivity index (χ4n) is 1.75. The van der Waals surface area contributed by atoms with Crippen LogP contribution in [0, 0.1) is 17.1 Å². The van der Waals surface area contributed by atoms with E-state index >= 15 is 0 Å². The van der Waals surface area contributed by atoms with Crippen LogP contribution in [0.1, 0.15) is 23.5 Å². The van der Waals surface area contributed by atoms with E-state index < -0.39 is 11.9 Å². The first-order valence-corrected chi connectivity index (χ1v) is 7.08. The van der Waals surface area contributed by atoms with Gasteiger partial charge in [-0.05, 0) is 31.2 Å². The lowest BCUT2D eigenvalue weighted by Crippen LogP contribution is -2.28. The second-order valence-corrected chi connectivity index (χ2v) is 6.01. The zero-order chi connectivity index (χ0) is 14.7. The highest BCUT2D eigenvalue weighted by Crippen LogP contribution is 2.33. The Kier molecular flexibility index (Phi) is 4.61. The van der Waals surface area contributed by atoms with Crippen molar-refractivity contribution in [3.05, 3.63) is 50.9 Å². The van der Waals surface area contributed by atoms with Crippen LogP contribution in [0.4, 0.5) is 4.39 Å². The predicted molar refractivity (Wildman–Crippen MR) is 77.5 cm³/mol. The van der Waals surface area contributed by atoms with Gasteiger partial charge in [0.1, 0.15) is 29.3 Å². The van der Waals surface area contributed by atoms with Gasteiger partial charge in [-0.15, -0.1) is 11.3 Å². The molecule has 2 rings (SSSR count). The first kappa shape index (κ1) is 14.8. The molecule has 2 N–H and O–H groups in total. The number of halogens is 2. The maximum absolute atomic E-state index is 13.6. The summed E-state index contributed by atoms with van der Waals surface area (Å²) in [5.74, 6) is -0.433. The van der Waals surface area contributed by atoms with Crippen LogP contribution in [0.2, 0.25) is 4.34 Å². The SMILES string of the molecule is CC(N)C(Oc1cccc(F)c1C#N)c1ccc(Cl)s1. The average Bonchev–Trinajstić information content (AvgIpc) is 2.82. The summed E-state index contributed by atoms with van der Waals surface area (Å²) in [6.07, 6.45) is -0.485. The molecule has 0 spiro atoms. The molecular formula is C14H12ClFN2OS. The predicted octanol–water partition coefficient (Wildman–Crippen LogP) is 3.88. The third-order valence-electron chi connectivity index (χ3n) is 2.69. The molecule has 2 atom stereocenters. The highest BCUT2D eigenvalue weighted by molar-refractivity contribution is 7.16. The summed E-state index contributed by atoms with van der Waals surface area (Å²) >= 11 is 7.25. The van der Waals surface area contributed by atoms with E-state index in [0.717, 1.165) is 4.88 Å². The number of nitrogens with zero attached hydrogens (tertiary/aromatic N) is 1. The van der Waals surface area contributed by atoms with Crippen molar-refractivity contribution in [2.75, 3.05) is 0 Å². The first-order valence-electron chi connectivity index (χ1n) is 5.89. The zero-order valence-electron chi connectivity index (χ0n) is 10.6. The van der Waals surface area contributed by atoms with Crippen LogP contribution in [0.15, 0.2) is 30.3 Å². The Hall–Kier alpha value is -1.61. The number of benzene rings is 1. The van der Waals surface area contributed by atoms with Crippen molar-refractivity contribution in [3.8, 4) is 11.8 Å². The monoisotopic (exact) mass is 310 g/mol. The fraction of sp³-hybridized carbons (Fsp3) is 0.214. The topological polar surface area (TPSA) is 59.0 Å². The van der Waals surface area contributed by atoms with Crippen LogP contribution in [-0.4, -0.2) is 6.04 Å². The van der Waals surface area contributed by atoms with Crippen molar-refractivity contribution in [2.24, 2.45) is 5.73 Å². The third kappa shape index (κ3) is 3.10. The molecule has 0 aliphatic carbocycles. The molecule has 2 unspecified atom stereocenters. The second-order valence-electron chi connectivity index (χ2n) is 4.26. The summed E-state index contributed by atoms with van der Waals surface area (Å²) in [5, 5.41) is 9.01. The van der Waals surface area contributed by atoms with Gasteiger partial charge in [-0.25, -0.2) is 4.39 Å². The summed E-state index contributed by atoms with van der Waals surface area (Å²) in [6, 6.07) is 9.28. The van der Waals surface area contributed by atoms with E-state index in [1.54, 1.807) is 25.1 Å². The molecular weight excluding hydrogens is 299 g/mol. The number of hydrogen-bond acceptors (Lipinski definition) is 4. The Balaban J connectivity index is 2.35. The maximum Gasteiger partial charge on any atom is 0.148 e. The van der Waals surface area contributed by atoms with Gasteiger partial charge in [0.25, 0.3) is 0 Å². The number of thiophene rings is 1. The normalized spacial score (nSPS) is 13.6. The summed E-state index contributed by atoms with van der Waals surface area (Å²) in [7, 11) is 0. The highest BCUT2D eigenvalue weighted by Gasteiger charge is 2.22. The summed E-state index contributed by atoms with van der Waals surface area (Å²) in [5.41, 5.74) is 5.79. The lowest BCUT2D eigenvalue weighted by atomic mass is 10.1. The van der Waals surface area contributed by atoms with Crippen LogP contribution in [0.5, 0.6) is 5.75 Å². The number of rotatable bonds is 4. The summed E-state index contributed by atoms with van der Waals surface area (Å²) in [6.45, 7) is 1.78. The van der Waals surface area contributed by atoms with Crippen molar-refractivity contribution in [1.82, 2.24) is 0 Å². The number of nitriles is 1. The molecule has 20 heavy (non-hydrogen) atoms. The molecule has 1 heterocycles. The Morgan fingerprint density at radius 3 is 2.70 bits per heavy atom. The molecule has 0 radical (unpaired) electrons. The molecule has 0 saturated carbocycles. The number of nitrogens with two attached hydrogens (primary N) is 1. The fourth-order valence-corrected chi connectivity index (χ4v) is 2.96. The third-order valence-corrected chi connectivity index (χ3v) is 3.99. The van der Waals surface area contributed by atoms with E-state index in [2.05, 4.69) is 0 Å². The van der Waals surface area contributed by atoms with E-state index in [1.165, 1.54) is 23.5 Å². The largest absolute Gasteiger partial charge is 0.482 e. The second kappa shape index (κ2) is 6.23. The molecule has 6 heteroatoms. The van der Waals surface area contributed by atoms with E-state index in [-0.39, 0.29) is 17.4 Å². The molecule has 0 saturated heterocycles. The van der Waals surface area contributed by atoms with E-state index in [1.807, 2.05) is 6.07 Å². The quantitative estimate of drug-likeness (QED) is 0.932. The molecule has 2 aromatic rings. The molecule has 3 nitrogen and oxygen atoms in total. The Bertz CT molecular complexity index is 651. The summed E-state index contributed by atoms with van der Waals surface area (Å²) < 4.78 is 19.9. The molecule has 1 aromatic heterocycles. The van der Waals surface area contributed by atoms with Crippen molar-refractivity contribution >= 4 is 22.9 Å². The van der Waals surface area contributed by atoms with E-state index in [4.69, 9.17) is 27.3 Å². The smallest absolute Gasteiger partial charge is 0.148 e. The Morgan fingerprint density at radius 2 is 2.15 bits per heavy atom. The van der Waals surface area contributed by atoms with Gasteiger partial charge in [-0.3, -0.25) is 0 Å². The van der Waals surface area contributed by atoms with Crippen LogP contribution < -0.4 is 10.5 Å². The lowest BCUT2D eigenvalue weighted by molar-refractivity contribution is 0.183. The van der Waals surface area contributed by atoms with Crippen molar-refractivity contribution in [3.63, 3.8) is 0 Å². The van der Waals surface area contributed by atoms with Gasteiger partial charge < -0.3 is 10.5 Å². The zero-order valence-corrected chi connectivity index (χ0v) is 12.2. The molecule has 104 valence electrons. The van der Waals surface area contributed by atoms with Crippen molar-refractivity contribution in [1.29, 1.82) is 5.26 Å². The minimum Gasteiger partial charge on any atom is -0.482 e. The average molecular weight is 311 g/mol. The molecule has 0 fully saturated rings. The van der Waals surface area contributed by atoms with Crippen molar-refractivity contribution < 1.29 is 9.13 Å². The van der Waals surface area contributed by atoms with Gasteiger partial charge in [0.15, 0.2) is 0 Å². The van der Waals surface area contributed by atoms with Gasteiger partial charge in [-0.2, -0.15) is 5.26 Å². The van der Waals surface area contributed by atoms with Gasteiger partial charge in [0.05, 0.1) is 4.34 Å². The van der Waals surface area contributed by atoms with E-state index in [0.29, 0.717) is 4.34 Å². The van der Waals surface area contributed by atoms with Gasteiger partial charge in [-0.1, -0.05) is 17.7 Å². The van der Waals surface area contributed by atoms with Crippen LogP contribution >= 0.6 is 22.9 Å². The Morgan fingerprint density at radius 1 is 1.40 bits per heavy atom.